The Balaban J connectivity index is 1.43. The monoisotopic (exact) mass is 537 g/mol. The van der Waals surface area contributed by atoms with E-state index in [1.807, 2.05) is 42.8 Å². The lowest BCUT2D eigenvalue weighted by molar-refractivity contribution is -0.125. The van der Waals surface area contributed by atoms with Gasteiger partial charge in [-0.25, -0.2) is 4.98 Å². The predicted molar refractivity (Wildman–Crippen MR) is 152 cm³/mol. The third-order valence-corrected chi connectivity index (χ3v) is 7.80. The number of hydrogen-bond donors (Lipinski definition) is 3. The molecule has 1 aliphatic carbocycles. The summed E-state index contributed by atoms with van der Waals surface area (Å²) in [5.74, 6) is 0.764. The number of aromatic amines is 1. The molecule has 5 rings (SSSR count). The molecule has 2 aromatic carbocycles. The fourth-order valence-electron chi connectivity index (χ4n) is 5.12. The van der Waals surface area contributed by atoms with Gasteiger partial charge >= 0.3 is 0 Å². The molecule has 37 heavy (non-hydrogen) atoms. The molecule has 1 aliphatic rings. The van der Waals surface area contributed by atoms with Crippen LogP contribution in [0.1, 0.15) is 43.4 Å². The highest BCUT2D eigenvalue weighted by Crippen LogP contribution is 2.34. The molecule has 1 fully saturated rings. The number of fused-ring (bicyclic) bond motifs is 3. The minimum absolute atomic E-state index is 0.120. The number of H-pyrrole nitrogens is 1. The van der Waals surface area contributed by atoms with Crippen LogP contribution in [0.25, 0.3) is 27.9 Å². The lowest BCUT2D eigenvalue weighted by atomic mass is 9.89. The summed E-state index contributed by atoms with van der Waals surface area (Å²) >= 11 is 12.7. The van der Waals surface area contributed by atoms with Crippen molar-refractivity contribution in [3.05, 3.63) is 68.1 Å². The van der Waals surface area contributed by atoms with Gasteiger partial charge in [-0.15, -0.1) is 0 Å². The first-order valence-corrected chi connectivity index (χ1v) is 13.3. The number of halogens is 2. The SMILES string of the molecule is Cc1c(/C=C/CNC(=O)C2CCCCC2)[nH]c(=O)c2c1ccc1nc(Nc3c(Cl)cccc3Cl)n(C)c12. The Bertz CT molecular complexity index is 1560. The Labute approximate surface area is 224 Å². The van der Waals surface area contributed by atoms with E-state index >= 15 is 0 Å². The summed E-state index contributed by atoms with van der Waals surface area (Å²) < 4.78 is 1.84. The van der Waals surface area contributed by atoms with Crippen LogP contribution < -0.4 is 16.2 Å². The third-order valence-electron chi connectivity index (χ3n) is 7.17. The van der Waals surface area contributed by atoms with Crippen LogP contribution in [0.15, 0.2) is 41.2 Å². The van der Waals surface area contributed by atoms with Crippen molar-refractivity contribution in [1.29, 1.82) is 0 Å². The number of nitrogens with one attached hydrogen (secondary N) is 3. The largest absolute Gasteiger partial charge is 0.352 e. The maximum Gasteiger partial charge on any atom is 0.258 e. The summed E-state index contributed by atoms with van der Waals surface area (Å²) in [5, 5.41) is 8.56. The first kappa shape index (κ1) is 25.4. The second kappa shape index (κ2) is 10.6. The van der Waals surface area contributed by atoms with Crippen molar-refractivity contribution >= 4 is 68.6 Å². The molecular weight excluding hydrogens is 509 g/mol. The molecule has 192 valence electrons. The number of carbonyl (C=O) groups excluding carboxylic acids is 1. The van der Waals surface area contributed by atoms with Gasteiger partial charge in [0, 0.05) is 25.2 Å². The Morgan fingerprint density at radius 3 is 2.62 bits per heavy atom. The molecule has 3 N–H and O–H groups in total. The van der Waals surface area contributed by atoms with E-state index in [2.05, 4.69) is 20.6 Å². The fraction of sp³-hybridized carbons (Fsp3) is 0.321. The molecule has 1 saturated carbocycles. The third kappa shape index (κ3) is 4.98. The average Bonchev–Trinajstić information content (AvgIpc) is 3.22. The van der Waals surface area contributed by atoms with Crippen LogP contribution in [0.3, 0.4) is 0 Å². The van der Waals surface area contributed by atoms with Crippen molar-refractivity contribution in [1.82, 2.24) is 19.9 Å². The number of benzene rings is 2. The summed E-state index contributed by atoms with van der Waals surface area (Å²) in [4.78, 5) is 33.3. The van der Waals surface area contributed by atoms with Crippen LogP contribution in [0.2, 0.25) is 10.0 Å². The summed E-state index contributed by atoms with van der Waals surface area (Å²) in [5.41, 5.74) is 3.40. The standard InChI is InChI=1S/C28H29Cl2N5O2/c1-16-18-13-14-22-25(35(2)28(33-22)34-24-19(29)10-6-11-20(24)30)23(18)27(37)32-21(16)12-7-15-31-26(36)17-8-4-3-5-9-17/h6-7,10-14,17H,3-5,8-9,15H2,1-2H3,(H,31,36)(H,32,37)(H,33,34)/b12-7+. The smallest absolute Gasteiger partial charge is 0.258 e. The molecule has 2 heterocycles. The van der Waals surface area contributed by atoms with Gasteiger partial charge in [0.05, 0.1) is 32.2 Å². The van der Waals surface area contributed by atoms with Crippen molar-refractivity contribution in [3.8, 4) is 0 Å². The molecule has 0 unspecified atom stereocenters. The van der Waals surface area contributed by atoms with Crippen LogP contribution in [0, 0.1) is 12.8 Å². The van der Waals surface area contributed by atoms with Gasteiger partial charge in [0.25, 0.3) is 5.56 Å². The van der Waals surface area contributed by atoms with Gasteiger partial charge in [-0.2, -0.15) is 0 Å². The number of aromatic nitrogens is 3. The quantitative estimate of drug-likeness (QED) is 0.262. The van der Waals surface area contributed by atoms with Crippen LogP contribution in [0.5, 0.6) is 0 Å². The van der Waals surface area contributed by atoms with Gasteiger partial charge in [-0.1, -0.05) is 60.7 Å². The van der Waals surface area contributed by atoms with Crippen LogP contribution in [-0.4, -0.2) is 27.0 Å². The molecule has 4 aromatic rings. The van der Waals surface area contributed by atoms with E-state index in [1.54, 1.807) is 18.2 Å². The van der Waals surface area contributed by atoms with Crippen LogP contribution in [0.4, 0.5) is 11.6 Å². The van der Waals surface area contributed by atoms with Crippen molar-refractivity contribution in [2.24, 2.45) is 13.0 Å². The van der Waals surface area contributed by atoms with E-state index in [4.69, 9.17) is 23.2 Å². The Kier molecular flexibility index (Phi) is 7.26. The first-order chi connectivity index (χ1) is 17.8. The topological polar surface area (TPSA) is 91.8 Å². The minimum atomic E-state index is -0.206. The summed E-state index contributed by atoms with van der Waals surface area (Å²) in [6, 6.07) is 9.10. The molecule has 9 heteroatoms. The number of amides is 1. The lowest BCUT2D eigenvalue weighted by Gasteiger charge is -2.20. The molecule has 0 aliphatic heterocycles. The Morgan fingerprint density at radius 2 is 1.89 bits per heavy atom. The highest BCUT2D eigenvalue weighted by atomic mass is 35.5. The Hall–Kier alpha value is -3.29. The molecule has 0 atom stereocenters. The zero-order chi connectivity index (χ0) is 26.1. The van der Waals surface area contributed by atoms with E-state index in [9.17, 15) is 9.59 Å². The lowest BCUT2D eigenvalue weighted by Crippen LogP contribution is -2.31. The van der Waals surface area contributed by atoms with Gasteiger partial charge in [0.1, 0.15) is 0 Å². The zero-order valence-electron chi connectivity index (χ0n) is 20.8. The molecule has 0 bridgehead atoms. The van der Waals surface area contributed by atoms with Crippen molar-refractivity contribution in [3.63, 3.8) is 0 Å². The van der Waals surface area contributed by atoms with Gasteiger partial charge in [-0.3, -0.25) is 9.59 Å². The molecule has 0 radical (unpaired) electrons. The number of para-hydroxylation sites is 1. The number of rotatable bonds is 6. The Morgan fingerprint density at radius 1 is 1.16 bits per heavy atom. The number of carbonyl (C=O) groups is 1. The highest BCUT2D eigenvalue weighted by molar-refractivity contribution is 6.39. The second-order valence-corrected chi connectivity index (χ2v) is 10.4. The maximum atomic E-state index is 13.3. The molecule has 1 amide bonds. The second-order valence-electron chi connectivity index (χ2n) is 9.55. The van der Waals surface area contributed by atoms with Crippen molar-refractivity contribution in [2.75, 3.05) is 11.9 Å². The number of nitrogens with zero attached hydrogens (tertiary/aromatic N) is 2. The molecule has 2 aromatic heterocycles. The van der Waals surface area contributed by atoms with E-state index in [-0.39, 0.29) is 17.4 Å². The van der Waals surface area contributed by atoms with Crippen molar-refractivity contribution in [2.45, 2.75) is 39.0 Å². The molecule has 0 spiro atoms. The van der Waals surface area contributed by atoms with Crippen LogP contribution >= 0.6 is 23.2 Å². The molecule has 0 saturated heterocycles. The summed E-state index contributed by atoms with van der Waals surface area (Å²) in [6.07, 6.45) is 9.15. The van der Waals surface area contributed by atoms with E-state index in [0.29, 0.717) is 50.3 Å². The molecular formula is C28H29Cl2N5O2. The van der Waals surface area contributed by atoms with E-state index < -0.39 is 0 Å². The van der Waals surface area contributed by atoms with Gasteiger partial charge < -0.3 is 20.2 Å². The van der Waals surface area contributed by atoms with E-state index in [1.165, 1.54) is 6.42 Å². The van der Waals surface area contributed by atoms with Gasteiger partial charge in [-0.05, 0) is 55.0 Å². The number of hydrogen-bond acceptors (Lipinski definition) is 4. The average molecular weight is 538 g/mol. The minimum Gasteiger partial charge on any atom is -0.352 e. The number of aryl methyl sites for hydroxylation is 2. The fourth-order valence-corrected chi connectivity index (χ4v) is 5.62. The van der Waals surface area contributed by atoms with E-state index in [0.717, 1.165) is 36.6 Å². The van der Waals surface area contributed by atoms with Gasteiger partial charge in [0.15, 0.2) is 0 Å². The number of pyridine rings is 1. The maximum absolute atomic E-state index is 13.3. The van der Waals surface area contributed by atoms with Crippen LogP contribution in [-0.2, 0) is 11.8 Å². The molecule has 7 nitrogen and oxygen atoms in total. The zero-order valence-corrected chi connectivity index (χ0v) is 22.3. The van der Waals surface area contributed by atoms with Gasteiger partial charge in [0.2, 0.25) is 11.9 Å². The normalized spacial score (nSPS) is 14.6. The first-order valence-electron chi connectivity index (χ1n) is 12.5. The summed E-state index contributed by atoms with van der Waals surface area (Å²) in [7, 11) is 1.85. The predicted octanol–water partition coefficient (Wildman–Crippen LogP) is 6.48. The summed E-state index contributed by atoms with van der Waals surface area (Å²) in [6.45, 7) is 2.40. The number of anilines is 2. The van der Waals surface area contributed by atoms with Crippen molar-refractivity contribution < 1.29 is 4.79 Å². The number of imidazole rings is 1. The highest BCUT2D eigenvalue weighted by Gasteiger charge is 2.20.